The largest absolute Gasteiger partial charge is 0.366 e. The van der Waals surface area contributed by atoms with Gasteiger partial charge in [-0.2, -0.15) is 5.10 Å². The molecule has 0 spiro atoms. The van der Waals surface area contributed by atoms with Crippen molar-refractivity contribution in [3.63, 3.8) is 0 Å². The molecule has 3 aliphatic rings. The molecule has 1 aromatic heterocycles. The summed E-state index contributed by atoms with van der Waals surface area (Å²) in [7, 11) is 0. The number of morpholine rings is 1. The van der Waals surface area contributed by atoms with E-state index >= 15 is 0 Å². The van der Waals surface area contributed by atoms with Gasteiger partial charge in [0.2, 0.25) is 5.91 Å². The second kappa shape index (κ2) is 7.43. The number of carbonyl (C=O) groups excluding carboxylic acids is 2. The maximum Gasteiger partial charge on any atom is 0.320 e. The second-order valence-electron chi connectivity index (χ2n) is 8.57. The molecule has 0 bridgehead atoms. The molecule has 2 atom stereocenters. The van der Waals surface area contributed by atoms with Gasteiger partial charge in [-0.05, 0) is 44.0 Å². The van der Waals surface area contributed by atoms with Crippen LogP contribution in [0.4, 0.5) is 4.79 Å². The highest BCUT2D eigenvalue weighted by molar-refractivity contribution is 5.79. The van der Waals surface area contributed by atoms with Crippen molar-refractivity contribution in [2.75, 3.05) is 32.8 Å². The fourth-order valence-electron chi connectivity index (χ4n) is 4.70. The van der Waals surface area contributed by atoms with Crippen LogP contribution in [0.15, 0.2) is 30.3 Å². The highest BCUT2D eigenvalue weighted by Gasteiger charge is 2.40. The lowest BCUT2D eigenvalue weighted by Gasteiger charge is -2.46. The van der Waals surface area contributed by atoms with Gasteiger partial charge in [0.05, 0.1) is 23.5 Å². The fraction of sp³-hybridized carbons (Fsp3) is 0.500. The zero-order chi connectivity index (χ0) is 20.8. The molecule has 1 aromatic carbocycles. The summed E-state index contributed by atoms with van der Waals surface area (Å²) in [4.78, 5) is 28.2. The molecule has 2 aromatic rings. The summed E-state index contributed by atoms with van der Waals surface area (Å²) in [5.41, 5.74) is 4.42. The fourth-order valence-corrected chi connectivity index (χ4v) is 4.70. The van der Waals surface area contributed by atoms with Gasteiger partial charge in [-0.3, -0.25) is 4.79 Å². The monoisotopic (exact) mass is 409 g/mol. The zero-order valence-electron chi connectivity index (χ0n) is 17.4. The first kappa shape index (κ1) is 19.1. The number of amides is 3. The van der Waals surface area contributed by atoms with E-state index in [1.807, 2.05) is 21.4 Å². The molecule has 3 aliphatic heterocycles. The Labute approximate surface area is 175 Å². The first-order chi connectivity index (χ1) is 14.5. The zero-order valence-corrected chi connectivity index (χ0v) is 17.4. The van der Waals surface area contributed by atoms with Crippen molar-refractivity contribution in [3.8, 4) is 5.69 Å². The SMILES string of the molecule is Cc1cc(C)n(-c2ccc(C3CN(C(=O)N4CCC5OCC(=O)N[C@@H]5C4)C3)cc2)n1. The number of nitrogens with zero attached hydrogens (tertiary/aromatic N) is 4. The Hall–Kier alpha value is -2.87. The lowest BCUT2D eigenvalue weighted by molar-refractivity contribution is -0.139. The van der Waals surface area contributed by atoms with Crippen molar-refractivity contribution in [2.24, 2.45) is 0 Å². The number of urea groups is 1. The first-order valence-electron chi connectivity index (χ1n) is 10.6. The van der Waals surface area contributed by atoms with E-state index in [-0.39, 0.29) is 30.7 Å². The minimum atomic E-state index is -0.0986. The van der Waals surface area contributed by atoms with E-state index in [0.717, 1.165) is 36.6 Å². The van der Waals surface area contributed by atoms with Gasteiger partial charge >= 0.3 is 6.03 Å². The Morgan fingerprint density at radius 1 is 1.13 bits per heavy atom. The molecule has 3 saturated heterocycles. The van der Waals surface area contributed by atoms with Crippen molar-refractivity contribution in [3.05, 3.63) is 47.3 Å². The predicted octanol–water partition coefficient (Wildman–Crippen LogP) is 1.60. The van der Waals surface area contributed by atoms with Gasteiger partial charge < -0.3 is 19.9 Å². The van der Waals surface area contributed by atoms with Gasteiger partial charge in [0, 0.05) is 37.8 Å². The molecule has 3 fully saturated rings. The van der Waals surface area contributed by atoms with E-state index in [0.29, 0.717) is 19.0 Å². The molecule has 5 rings (SSSR count). The average molecular weight is 409 g/mol. The summed E-state index contributed by atoms with van der Waals surface area (Å²) in [6.07, 6.45) is 0.790. The van der Waals surface area contributed by atoms with E-state index in [1.54, 1.807) is 0 Å². The topological polar surface area (TPSA) is 79.7 Å². The summed E-state index contributed by atoms with van der Waals surface area (Å²) in [5.74, 6) is 0.261. The third kappa shape index (κ3) is 3.45. The van der Waals surface area contributed by atoms with Crippen LogP contribution in [0.25, 0.3) is 5.69 Å². The van der Waals surface area contributed by atoms with Gasteiger partial charge in [-0.15, -0.1) is 0 Å². The molecule has 8 heteroatoms. The Kier molecular flexibility index (Phi) is 4.73. The lowest BCUT2D eigenvalue weighted by Crippen LogP contribution is -2.63. The number of aryl methyl sites for hydroxylation is 2. The van der Waals surface area contributed by atoms with E-state index < -0.39 is 0 Å². The van der Waals surface area contributed by atoms with Crippen LogP contribution < -0.4 is 5.32 Å². The Balaban J connectivity index is 1.17. The molecule has 30 heavy (non-hydrogen) atoms. The molecule has 1 N–H and O–H groups in total. The molecule has 3 amide bonds. The summed E-state index contributed by atoms with van der Waals surface area (Å²) >= 11 is 0. The Morgan fingerprint density at radius 3 is 2.60 bits per heavy atom. The van der Waals surface area contributed by atoms with Crippen LogP contribution in [-0.2, 0) is 9.53 Å². The first-order valence-corrected chi connectivity index (χ1v) is 10.6. The second-order valence-corrected chi connectivity index (χ2v) is 8.57. The maximum atomic E-state index is 12.9. The molecular weight excluding hydrogens is 382 g/mol. The van der Waals surface area contributed by atoms with Crippen LogP contribution in [0, 0.1) is 13.8 Å². The predicted molar refractivity (Wildman–Crippen MR) is 111 cm³/mol. The van der Waals surface area contributed by atoms with Crippen molar-refractivity contribution >= 4 is 11.9 Å². The van der Waals surface area contributed by atoms with Crippen LogP contribution in [0.2, 0.25) is 0 Å². The number of fused-ring (bicyclic) bond motifs is 1. The number of ether oxygens (including phenoxy) is 1. The maximum absolute atomic E-state index is 12.9. The Morgan fingerprint density at radius 2 is 1.90 bits per heavy atom. The van der Waals surface area contributed by atoms with E-state index in [4.69, 9.17) is 4.74 Å². The molecular formula is C22H27N5O3. The standard InChI is InChI=1S/C22H27N5O3/c1-14-9-15(2)27(24-14)18-5-3-16(4-6-18)17-10-26(11-17)22(29)25-8-7-20-19(12-25)23-21(28)13-30-20/h3-6,9,17,19-20H,7-8,10-13H2,1-2H3,(H,23,28)/t19-,20?/m1/s1. The molecule has 0 aliphatic carbocycles. The number of nitrogens with one attached hydrogen (secondary N) is 1. The number of benzene rings is 1. The lowest BCUT2D eigenvalue weighted by atomic mass is 9.91. The smallest absolute Gasteiger partial charge is 0.320 e. The van der Waals surface area contributed by atoms with Crippen LogP contribution >= 0.6 is 0 Å². The number of hydrogen-bond acceptors (Lipinski definition) is 4. The highest BCUT2D eigenvalue weighted by atomic mass is 16.5. The number of hydrogen-bond donors (Lipinski definition) is 1. The van der Waals surface area contributed by atoms with Crippen LogP contribution in [0.1, 0.15) is 29.3 Å². The number of carbonyl (C=O) groups is 2. The van der Waals surface area contributed by atoms with Gasteiger partial charge in [0.15, 0.2) is 0 Å². The minimum absolute atomic E-state index is 0.0246. The van der Waals surface area contributed by atoms with Gasteiger partial charge in [-0.25, -0.2) is 9.48 Å². The number of rotatable bonds is 2. The van der Waals surface area contributed by atoms with E-state index in [1.165, 1.54) is 5.56 Å². The molecule has 158 valence electrons. The van der Waals surface area contributed by atoms with Crippen LogP contribution in [0.5, 0.6) is 0 Å². The summed E-state index contributed by atoms with van der Waals surface area (Å²) in [5, 5.41) is 7.49. The minimum Gasteiger partial charge on any atom is -0.366 e. The molecule has 4 heterocycles. The summed E-state index contributed by atoms with van der Waals surface area (Å²) in [6.45, 7) is 6.83. The number of aromatic nitrogens is 2. The summed E-state index contributed by atoms with van der Waals surface area (Å²) < 4.78 is 7.53. The number of piperidine rings is 1. The van der Waals surface area contributed by atoms with Gasteiger partial charge in [0.25, 0.3) is 0 Å². The van der Waals surface area contributed by atoms with Crippen molar-refractivity contribution < 1.29 is 14.3 Å². The van der Waals surface area contributed by atoms with Crippen LogP contribution in [-0.4, -0.2) is 76.5 Å². The molecule has 0 saturated carbocycles. The highest BCUT2D eigenvalue weighted by Crippen LogP contribution is 2.29. The molecule has 0 radical (unpaired) electrons. The Bertz CT molecular complexity index is 964. The normalized spacial score (nSPS) is 24.3. The van der Waals surface area contributed by atoms with Crippen LogP contribution in [0.3, 0.4) is 0 Å². The quantitative estimate of drug-likeness (QED) is 0.817. The van der Waals surface area contributed by atoms with Gasteiger partial charge in [-0.1, -0.05) is 12.1 Å². The number of likely N-dealkylation sites (tertiary alicyclic amines) is 2. The van der Waals surface area contributed by atoms with E-state index in [9.17, 15) is 9.59 Å². The average Bonchev–Trinajstić information content (AvgIpc) is 3.04. The van der Waals surface area contributed by atoms with Crippen molar-refractivity contribution in [2.45, 2.75) is 38.3 Å². The summed E-state index contributed by atoms with van der Waals surface area (Å²) in [6, 6.07) is 10.5. The van der Waals surface area contributed by atoms with Crippen molar-refractivity contribution in [1.82, 2.24) is 24.9 Å². The molecule has 1 unspecified atom stereocenters. The van der Waals surface area contributed by atoms with Gasteiger partial charge in [0.1, 0.15) is 6.61 Å². The van der Waals surface area contributed by atoms with E-state index in [2.05, 4.69) is 47.7 Å². The third-order valence-corrected chi connectivity index (χ3v) is 6.37. The third-order valence-electron chi connectivity index (χ3n) is 6.37. The molecule has 8 nitrogen and oxygen atoms in total. The van der Waals surface area contributed by atoms with Crippen molar-refractivity contribution in [1.29, 1.82) is 0 Å².